The fourth-order valence-electron chi connectivity index (χ4n) is 5.17. The van der Waals surface area contributed by atoms with E-state index in [2.05, 4.69) is 29.3 Å². The molecule has 2 aromatic rings. The minimum absolute atomic E-state index is 0.0233. The van der Waals surface area contributed by atoms with E-state index < -0.39 is 11.6 Å². The number of hydrogen-bond donors (Lipinski definition) is 1. The Labute approximate surface area is 209 Å². The number of carbonyl (C=O) groups excluding carboxylic acids is 2. The second-order valence-corrected chi connectivity index (χ2v) is 11.0. The SMILES string of the molecule is CCCCN1C(=O)C(C(C)(C)C)NC(=O)C12CCN(Cc1ccc(Oc3ccccc3)cc1)CC2. The van der Waals surface area contributed by atoms with Crippen molar-refractivity contribution in [3.63, 3.8) is 0 Å². The molecule has 2 fully saturated rings. The molecule has 188 valence electrons. The minimum atomic E-state index is -0.724. The molecule has 4 rings (SSSR count). The van der Waals surface area contributed by atoms with Crippen LogP contribution in [0.4, 0.5) is 0 Å². The van der Waals surface area contributed by atoms with Gasteiger partial charge in [-0.2, -0.15) is 0 Å². The van der Waals surface area contributed by atoms with E-state index in [-0.39, 0.29) is 17.2 Å². The van der Waals surface area contributed by atoms with Crippen LogP contribution in [0.1, 0.15) is 58.9 Å². The van der Waals surface area contributed by atoms with E-state index in [1.165, 1.54) is 5.56 Å². The number of carbonyl (C=O) groups is 2. The normalized spacial score (nSPS) is 20.7. The van der Waals surface area contributed by atoms with E-state index in [1.807, 2.05) is 68.1 Å². The average Bonchev–Trinajstić information content (AvgIpc) is 2.84. The molecule has 0 aliphatic carbocycles. The van der Waals surface area contributed by atoms with E-state index >= 15 is 0 Å². The third-order valence-electron chi connectivity index (χ3n) is 7.32. The summed E-state index contributed by atoms with van der Waals surface area (Å²) in [6, 6.07) is 17.5. The minimum Gasteiger partial charge on any atom is -0.457 e. The van der Waals surface area contributed by atoms with Crippen LogP contribution < -0.4 is 10.1 Å². The van der Waals surface area contributed by atoms with Crippen molar-refractivity contribution < 1.29 is 14.3 Å². The first-order chi connectivity index (χ1) is 16.7. The fourth-order valence-corrected chi connectivity index (χ4v) is 5.17. The quantitative estimate of drug-likeness (QED) is 0.611. The topological polar surface area (TPSA) is 61.9 Å². The molecule has 2 aliphatic heterocycles. The van der Waals surface area contributed by atoms with Crippen LogP contribution in [-0.2, 0) is 16.1 Å². The zero-order chi connectivity index (χ0) is 25.1. The number of likely N-dealkylation sites (tertiary alicyclic amines) is 1. The molecule has 1 unspecified atom stereocenters. The summed E-state index contributed by atoms with van der Waals surface area (Å²) in [6.45, 7) is 11.2. The molecule has 2 saturated heterocycles. The lowest BCUT2D eigenvalue weighted by Gasteiger charge is -2.53. The van der Waals surface area contributed by atoms with E-state index in [0.717, 1.165) is 44.0 Å². The molecular weight excluding hydrogens is 438 g/mol. The molecular formula is C29H39N3O3. The Morgan fingerprint density at radius 3 is 2.20 bits per heavy atom. The highest BCUT2D eigenvalue weighted by Gasteiger charge is 2.55. The molecule has 1 N–H and O–H groups in total. The second-order valence-electron chi connectivity index (χ2n) is 11.0. The van der Waals surface area contributed by atoms with Crippen molar-refractivity contribution in [2.24, 2.45) is 5.41 Å². The van der Waals surface area contributed by atoms with Crippen LogP contribution in [0, 0.1) is 5.41 Å². The number of benzene rings is 2. The van der Waals surface area contributed by atoms with Gasteiger partial charge in [0.15, 0.2) is 0 Å². The summed E-state index contributed by atoms with van der Waals surface area (Å²) in [4.78, 5) is 31.3. The van der Waals surface area contributed by atoms with Crippen LogP contribution in [0.25, 0.3) is 0 Å². The Morgan fingerprint density at radius 1 is 0.971 bits per heavy atom. The number of para-hydroxylation sites is 1. The van der Waals surface area contributed by atoms with Crippen LogP contribution in [0.3, 0.4) is 0 Å². The largest absolute Gasteiger partial charge is 0.457 e. The monoisotopic (exact) mass is 477 g/mol. The Morgan fingerprint density at radius 2 is 1.60 bits per heavy atom. The molecule has 0 saturated carbocycles. The molecule has 35 heavy (non-hydrogen) atoms. The zero-order valence-corrected chi connectivity index (χ0v) is 21.5. The summed E-state index contributed by atoms with van der Waals surface area (Å²) in [6.07, 6.45) is 3.25. The molecule has 2 aromatic carbocycles. The number of nitrogens with zero attached hydrogens (tertiary/aromatic N) is 2. The van der Waals surface area contributed by atoms with Gasteiger partial charge in [0, 0.05) is 26.2 Å². The highest BCUT2D eigenvalue weighted by Crippen LogP contribution is 2.37. The average molecular weight is 478 g/mol. The smallest absolute Gasteiger partial charge is 0.246 e. The van der Waals surface area contributed by atoms with Gasteiger partial charge in [-0.1, -0.05) is 64.4 Å². The van der Waals surface area contributed by atoms with Gasteiger partial charge >= 0.3 is 0 Å². The van der Waals surface area contributed by atoms with Gasteiger partial charge < -0.3 is 15.0 Å². The summed E-state index contributed by atoms with van der Waals surface area (Å²) in [5.74, 6) is 1.74. The number of rotatable bonds is 7. The van der Waals surface area contributed by atoms with Crippen molar-refractivity contribution in [3.05, 3.63) is 60.2 Å². The molecule has 2 aliphatic rings. The lowest BCUT2D eigenvalue weighted by atomic mass is 9.77. The Kier molecular flexibility index (Phi) is 7.50. The summed E-state index contributed by atoms with van der Waals surface area (Å²) in [5, 5.41) is 3.10. The summed E-state index contributed by atoms with van der Waals surface area (Å²) >= 11 is 0. The van der Waals surface area contributed by atoms with Crippen LogP contribution in [0.5, 0.6) is 11.5 Å². The third kappa shape index (κ3) is 5.53. The first-order valence-electron chi connectivity index (χ1n) is 12.9. The third-order valence-corrected chi connectivity index (χ3v) is 7.32. The molecule has 6 heteroatoms. The predicted molar refractivity (Wildman–Crippen MR) is 138 cm³/mol. The van der Waals surface area contributed by atoms with Crippen LogP contribution >= 0.6 is 0 Å². The number of piperazine rings is 1. The molecule has 2 amide bonds. The number of ether oxygens (including phenoxy) is 1. The maximum atomic E-state index is 13.5. The summed E-state index contributed by atoms with van der Waals surface area (Å²) < 4.78 is 5.90. The number of unbranched alkanes of at least 4 members (excludes halogenated alkanes) is 1. The van der Waals surface area contributed by atoms with Crippen molar-refractivity contribution in [1.29, 1.82) is 0 Å². The van der Waals surface area contributed by atoms with Crippen molar-refractivity contribution in [2.75, 3.05) is 19.6 Å². The van der Waals surface area contributed by atoms with Crippen LogP contribution in [0.2, 0.25) is 0 Å². The van der Waals surface area contributed by atoms with Gasteiger partial charge in [-0.3, -0.25) is 14.5 Å². The van der Waals surface area contributed by atoms with E-state index in [0.29, 0.717) is 19.4 Å². The van der Waals surface area contributed by atoms with Crippen LogP contribution in [-0.4, -0.2) is 52.8 Å². The maximum Gasteiger partial charge on any atom is 0.246 e. The lowest BCUT2D eigenvalue weighted by Crippen LogP contribution is -2.74. The maximum absolute atomic E-state index is 13.5. The first-order valence-corrected chi connectivity index (χ1v) is 12.9. The second kappa shape index (κ2) is 10.4. The lowest BCUT2D eigenvalue weighted by molar-refractivity contribution is -0.164. The molecule has 0 radical (unpaired) electrons. The van der Waals surface area contributed by atoms with Gasteiger partial charge in [-0.15, -0.1) is 0 Å². The van der Waals surface area contributed by atoms with Gasteiger partial charge in [0.25, 0.3) is 0 Å². The van der Waals surface area contributed by atoms with Crippen molar-refractivity contribution in [1.82, 2.24) is 15.1 Å². The standard InChI is InChI=1S/C29H39N3O3/c1-5-6-18-32-26(33)25(28(2,3)4)30-27(34)29(32)16-19-31(20-17-29)21-22-12-14-24(15-13-22)35-23-10-8-7-9-11-23/h7-15,25H,5-6,16-21H2,1-4H3,(H,30,34). The van der Waals surface area contributed by atoms with E-state index in [1.54, 1.807) is 0 Å². The Hall–Kier alpha value is -2.86. The Bertz CT molecular complexity index is 1010. The fraction of sp³-hybridized carbons (Fsp3) is 0.517. The molecule has 1 atom stereocenters. The first kappa shape index (κ1) is 25.2. The van der Waals surface area contributed by atoms with Crippen LogP contribution in [0.15, 0.2) is 54.6 Å². The Balaban J connectivity index is 1.40. The highest BCUT2D eigenvalue weighted by molar-refractivity contribution is 6.00. The number of nitrogens with one attached hydrogen (secondary N) is 1. The van der Waals surface area contributed by atoms with Crippen molar-refractivity contribution >= 4 is 11.8 Å². The van der Waals surface area contributed by atoms with Gasteiger partial charge in [0.1, 0.15) is 23.1 Å². The van der Waals surface area contributed by atoms with Gasteiger partial charge in [0.05, 0.1) is 0 Å². The number of piperidine rings is 1. The van der Waals surface area contributed by atoms with E-state index in [4.69, 9.17) is 4.74 Å². The van der Waals surface area contributed by atoms with Crippen molar-refractivity contribution in [3.8, 4) is 11.5 Å². The molecule has 1 spiro atoms. The van der Waals surface area contributed by atoms with E-state index in [9.17, 15) is 9.59 Å². The van der Waals surface area contributed by atoms with Gasteiger partial charge in [-0.25, -0.2) is 0 Å². The predicted octanol–water partition coefficient (Wildman–Crippen LogP) is 4.99. The number of hydrogen-bond acceptors (Lipinski definition) is 4. The molecule has 6 nitrogen and oxygen atoms in total. The summed E-state index contributed by atoms with van der Waals surface area (Å²) in [7, 11) is 0. The molecule has 0 bridgehead atoms. The molecule has 2 heterocycles. The number of amides is 2. The van der Waals surface area contributed by atoms with Gasteiger partial charge in [-0.05, 0) is 54.5 Å². The molecule has 0 aromatic heterocycles. The van der Waals surface area contributed by atoms with Gasteiger partial charge in [0.2, 0.25) is 11.8 Å². The van der Waals surface area contributed by atoms with Crippen molar-refractivity contribution in [2.45, 2.75) is 71.5 Å². The zero-order valence-electron chi connectivity index (χ0n) is 21.5. The highest BCUT2D eigenvalue weighted by atomic mass is 16.5. The summed E-state index contributed by atoms with van der Waals surface area (Å²) in [5.41, 5.74) is 0.175.